The largest absolute Gasteiger partial charge is 0.387 e. The number of nitrogens with zero attached hydrogens (tertiary/aromatic N) is 1. The van der Waals surface area contributed by atoms with Crippen molar-refractivity contribution in [3.8, 4) is 0 Å². The van der Waals surface area contributed by atoms with E-state index >= 15 is 0 Å². The zero-order valence-corrected chi connectivity index (χ0v) is 6.21. The smallest absolute Gasteiger partial charge is 0.248 e. The Morgan fingerprint density at radius 2 is 2.50 bits per heavy atom. The predicted octanol–water partition coefficient (Wildman–Crippen LogP) is -0.153. The van der Waals surface area contributed by atoms with Gasteiger partial charge in [0.05, 0.1) is 0 Å². The summed E-state index contributed by atoms with van der Waals surface area (Å²) in [5.41, 5.74) is 0. The number of aliphatic hydroxyl groups excluding tert-OH is 1. The van der Waals surface area contributed by atoms with Crippen LogP contribution in [0.4, 0.5) is 0 Å². The second-order valence-corrected chi connectivity index (χ2v) is 2.89. The lowest BCUT2D eigenvalue weighted by Crippen LogP contribution is -2.30. The Hall–Kier alpha value is -0.570. The van der Waals surface area contributed by atoms with Gasteiger partial charge in [-0.25, -0.2) is 0 Å². The molecule has 1 rings (SSSR count). The minimum atomic E-state index is -0.341. The van der Waals surface area contributed by atoms with Crippen molar-refractivity contribution in [2.45, 2.75) is 13.3 Å². The molecule has 0 unspecified atom stereocenters. The van der Waals surface area contributed by atoms with Crippen LogP contribution in [-0.4, -0.2) is 35.6 Å². The number of likely N-dealkylation sites (tertiary alicyclic amines) is 1. The molecule has 1 fully saturated rings. The first-order valence-electron chi connectivity index (χ1n) is 3.62. The minimum Gasteiger partial charge on any atom is -0.387 e. The normalized spacial score (nSPS) is 25.4. The van der Waals surface area contributed by atoms with Crippen LogP contribution >= 0.6 is 0 Å². The van der Waals surface area contributed by atoms with E-state index in [1.807, 2.05) is 0 Å². The Morgan fingerprint density at radius 3 is 2.90 bits per heavy atom. The average Bonchev–Trinajstić information content (AvgIpc) is 2.34. The topological polar surface area (TPSA) is 40.5 Å². The molecule has 1 amide bonds. The molecule has 1 atom stereocenters. The third kappa shape index (κ3) is 1.48. The third-order valence-electron chi connectivity index (χ3n) is 1.91. The maximum atomic E-state index is 10.8. The van der Waals surface area contributed by atoms with Crippen LogP contribution < -0.4 is 0 Å². The van der Waals surface area contributed by atoms with Gasteiger partial charge in [0, 0.05) is 13.1 Å². The van der Waals surface area contributed by atoms with E-state index in [-0.39, 0.29) is 12.5 Å². The van der Waals surface area contributed by atoms with E-state index in [0.29, 0.717) is 5.92 Å². The zero-order chi connectivity index (χ0) is 7.56. The van der Waals surface area contributed by atoms with Gasteiger partial charge in [-0.2, -0.15) is 0 Å². The van der Waals surface area contributed by atoms with E-state index in [0.717, 1.165) is 19.5 Å². The highest BCUT2D eigenvalue weighted by Gasteiger charge is 2.21. The molecule has 1 aliphatic rings. The molecule has 58 valence electrons. The van der Waals surface area contributed by atoms with Crippen LogP contribution in [0.5, 0.6) is 0 Å². The molecule has 0 spiro atoms. The Morgan fingerprint density at radius 1 is 1.80 bits per heavy atom. The van der Waals surface area contributed by atoms with Crippen LogP contribution in [0.1, 0.15) is 13.3 Å². The van der Waals surface area contributed by atoms with E-state index in [1.165, 1.54) is 0 Å². The van der Waals surface area contributed by atoms with Crippen molar-refractivity contribution in [2.75, 3.05) is 19.7 Å². The lowest BCUT2D eigenvalue weighted by molar-refractivity contribution is -0.133. The lowest BCUT2D eigenvalue weighted by Gasteiger charge is -2.13. The molecule has 3 nitrogen and oxygen atoms in total. The van der Waals surface area contributed by atoms with Gasteiger partial charge in [0.1, 0.15) is 6.61 Å². The van der Waals surface area contributed by atoms with Crippen LogP contribution in [0.2, 0.25) is 0 Å². The summed E-state index contributed by atoms with van der Waals surface area (Å²) < 4.78 is 0. The lowest BCUT2D eigenvalue weighted by atomic mass is 10.2. The molecule has 0 bridgehead atoms. The number of rotatable bonds is 1. The molecular weight excluding hydrogens is 130 g/mol. The average molecular weight is 143 g/mol. The fraction of sp³-hybridized carbons (Fsp3) is 0.857. The first-order valence-corrected chi connectivity index (χ1v) is 3.62. The van der Waals surface area contributed by atoms with Gasteiger partial charge in [0.2, 0.25) is 5.91 Å². The standard InChI is InChI=1S/C7H13NO2/c1-6-2-3-8(4-6)7(10)5-9/h6,9H,2-5H2,1H3/t6-/m1/s1. The maximum Gasteiger partial charge on any atom is 0.248 e. The van der Waals surface area contributed by atoms with Gasteiger partial charge in [-0.15, -0.1) is 0 Å². The molecule has 1 N–H and O–H groups in total. The van der Waals surface area contributed by atoms with E-state index in [1.54, 1.807) is 4.90 Å². The molecular formula is C7H13NO2. The molecule has 1 heterocycles. The first kappa shape index (κ1) is 7.54. The number of carbonyl (C=O) groups is 1. The quantitative estimate of drug-likeness (QED) is 0.554. The van der Waals surface area contributed by atoms with Crippen molar-refractivity contribution in [1.29, 1.82) is 0 Å². The van der Waals surface area contributed by atoms with E-state index in [9.17, 15) is 4.79 Å². The van der Waals surface area contributed by atoms with Gasteiger partial charge in [0.15, 0.2) is 0 Å². The number of amides is 1. The fourth-order valence-electron chi connectivity index (χ4n) is 1.26. The second-order valence-electron chi connectivity index (χ2n) is 2.89. The molecule has 0 aromatic rings. The van der Waals surface area contributed by atoms with Crippen LogP contribution in [0.15, 0.2) is 0 Å². The van der Waals surface area contributed by atoms with Gasteiger partial charge in [-0.1, -0.05) is 6.92 Å². The van der Waals surface area contributed by atoms with Crippen LogP contribution in [-0.2, 0) is 4.79 Å². The summed E-state index contributed by atoms with van der Waals surface area (Å²) in [6.45, 7) is 3.41. The molecule has 0 aliphatic carbocycles. The summed E-state index contributed by atoms with van der Waals surface area (Å²) in [5, 5.41) is 8.49. The monoisotopic (exact) mass is 143 g/mol. The summed E-state index contributed by atoms with van der Waals surface area (Å²) in [7, 11) is 0. The number of hydrogen-bond acceptors (Lipinski definition) is 2. The maximum absolute atomic E-state index is 10.8. The fourth-order valence-corrected chi connectivity index (χ4v) is 1.26. The Kier molecular flexibility index (Phi) is 2.27. The minimum absolute atomic E-state index is 0.135. The Bertz CT molecular complexity index is 136. The molecule has 0 saturated carbocycles. The van der Waals surface area contributed by atoms with Crippen LogP contribution in [0, 0.1) is 5.92 Å². The third-order valence-corrected chi connectivity index (χ3v) is 1.91. The molecule has 1 saturated heterocycles. The Balaban J connectivity index is 2.37. The number of hydrogen-bond donors (Lipinski definition) is 1. The summed E-state index contributed by atoms with van der Waals surface area (Å²) in [4.78, 5) is 12.5. The van der Waals surface area contributed by atoms with E-state index < -0.39 is 0 Å². The molecule has 0 aromatic carbocycles. The van der Waals surface area contributed by atoms with Gasteiger partial charge in [-0.3, -0.25) is 4.79 Å². The van der Waals surface area contributed by atoms with Gasteiger partial charge >= 0.3 is 0 Å². The van der Waals surface area contributed by atoms with Crippen molar-refractivity contribution >= 4 is 5.91 Å². The highest BCUT2D eigenvalue weighted by atomic mass is 16.3. The van der Waals surface area contributed by atoms with Crippen molar-refractivity contribution in [1.82, 2.24) is 4.90 Å². The second kappa shape index (κ2) is 3.01. The first-order chi connectivity index (χ1) is 4.74. The Labute approximate surface area is 60.6 Å². The van der Waals surface area contributed by atoms with E-state index in [4.69, 9.17) is 5.11 Å². The zero-order valence-electron chi connectivity index (χ0n) is 6.21. The molecule has 3 heteroatoms. The summed E-state index contributed by atoms with van der Waals surface area (Å²) in [6, 6.07) is 0. The summed E-state index contributed by atoms with van der Waals surface area (Å²) >= 11 is 0. The van der Waals surface area contributed by atoms with E-state index in [2.05, 4.69) is 6.92 Å². The van der Waals surface area contributed by atoms with Crippen LogP contribution in [0.25, 0.3) is 0 Å². The number of carbonyl (C=O) groups excluding carboxylic acids is 1. The number of aliphatic hydroxyl groups is 1. The van der Waals surface area contributed by atoms with Crippen molar-refractivity contribution in [3.63, 3.8) is 0 Å². The van der Waals surface area contributed by atoms with Crippen molar-refractivity contribution in [3.05, 3.63) is 0 Å². The highest BCUT2D eigenvalue weighted by molar-refractivity contribution is 5.77. The van der Waals surface area contributed by atoms with Gasteiger partial charge in [0.25, 0.3) is 0 Å². The molecule has 0 aromatic heterocycles. The highest BCUT2D eigenvalue weighted by Crippen LogP contribution is 2.14. The van der Waals surface area contributed by atoms with Crippen LogP contribution in [0.3, 0.4) is 0 Å². The van der Waals surface area contributed by atoms with Gasteiger partial charge in [-0.05, 0) is 12.3 Å². The molecule has 1 aliphatic heterocycles. The molecule has 0 radical (unpaired) electrons. The van der Waals surface area contributed by atoms with Crippen molar-refractivity contribution in [2.24, 2.45) is 5.92 Å². The SMILES string of the molecule is C[C@@H]1CCN(C(=O)CO)C1. The predicted molar refractivity (Wildman–Crippen MR) is 37.4 cm³/mol. The summed E-state index contributed by atoms with van der Waals surface area (Å²) in [6.07, 6.45) is 1.08. The van der Waals surface area contributed by atoms with Crippen molar-refractivity contribution < 1.29 is 9.90 Å². The summed E-state index contributed by atoms with van der Waals surface area (Å²) in [5.74, 6) is 0.472. The van der Waals surface area contributed by atoms with Gasteiger partial charge < -0.3 is 10.0 Å². The molecule has 10 heavy (non-hydrogen) atoms.